The fourth-order valence-corrected chi connectivity index (χ4v) is 2.63. The van der Waals surface area contributed by atoms with Gasteiger partial charge in [-0.25, -0.2) is 0 Å². The molecule has 24 heavy (non-hydrogen) atoms. The van der Waals surface area contributed by atoms with Gasteiger partial charge in [0.1, 0.15) is 0 Å². The number of ether oxygens (including phenoxy) is 1. The molecule has 1 fully saturated rings. The van der Waals surface area contributed by atoms with E-state index in [2.05, 4.69) is 10.6 Å². The quantitative estimate of drug-likeness (QED) is 0.752. The fourth-order valence-electron chi connectivity index (χ4n) is 2.45. The zero-order valence-corrected chi connectivity index (χ0v) is 13.8. The van der Waals surface area contributed by atoms with E-state index in [4.69, 9.17) is 16.3 Å². The molecule has 0 bridgehead atoms. The Kier molecular flexibility index (Phi) is 5.04. The molecule has 1 aliphatic heterocycles. The van der Waals surface area contributed by atoms with Crippen LogP contribution in [0.1, 0.15) is 10.4 Å². The Balaban J connectivity index is 1.70. The van der Waals surface area contributed by atoms with Crippen LogP contribution in [0.2, 0.25) is 5.02 Å². The van der Waals surface area contributed by atoms with Crippen LogP contribution in [0.5, 0.6) is 0 Å². The van der Waals surface area contributed by atoms with Crippen LogP contribution >= 0.6 is 11.6 Å². The van der Waals surface area contributed by atoms with E-state index in [1.807, 2.05) is 30.3 Å². The zero-order chi connectivity index (χ0) is 17.0. The first-order chi connectivity index (χ1) is 11.6. The van der Waals surface area contributed by atoms with Crippen LogP contribution in [-0.2, 0) is 4.74 Å². The third-order valence-corrected chi connectivity index (χ3v) is 4.40. The van der Waals surface area contributed by atoms with E-state index in [9.17, 15) is 9.90 Å². The summed E-state index contributed by atoms with van der Waals surface area (Å²) in [6.07, 6.45) is 0. The number of aliphatic hydroxyl groups is 1. The highest BCUT2D eigenvalue weighted by Gasteiger charge is 2.37. The highest BCUT2D eigenvalue weighted by Crippen LogP contribution is 2.29. The molecular formula is C18H19ClN2O3. The normalized spacial score (nSPS) is 15.4. The van der Waals surface area contributed by atoms with Crippen molar-refractivity contribution in [1.29, 1.82) is 0 Å². The molecule has 1 aliphatic rings. The van der Waals surface area contributed by atoms with Gasteiger partial charge in [0.25, 0.3) is 5.91 Å². The van der Waals surface area contributed by atoms with E-state index in [-0.39, 0.29) is 17.9 Å². The van der Waals surface area contributed by atoms with Crippen LogP contribution < -0.4 is 10.6 Å². The minimum absolute atomic E-state index is 0.0474. The number of aliphatic hydroxyl groups excluding tert-OH is 1. The maximum absolute atomic E-state index is 12.4. The fraction of sp³-hybridized carbons (Fsp3) is 0.278. The SMILES string of the molecule is O=C(Nc1ccccc1)c1ccc(Cl)c(NCC2(CO)COC2)c1. The number of hydrogen-bond acceptors (Lipinski definition) is 4. The van der Waals surface area contributed by atoms with Gasteiger partial charge in [-0.15, -0.1) is 0 Å². The summed E-state index contributed by atoms with van der Waals surface area (Å²) in [4.78, 5) is 12.4. The highest BCUT2D eigenvalue weighted by atomic mass is 35.5. The maximum Gasteiger partial charge on any atom is 0.255 e. The third-order valence-electron chi connectivity index (χ3n) is 4.07. The first-order valence-electron chi connectivity index (χ1n) is 7.70. The minimum atomic E-state index is -0.272. The molecule has 1 saturated heterocycles. The summed E-state index contributed by atoms with van der Waals surface area (Å²) < 4.78 is 5.18. The monoisotopic (exact) mass is 346 g/mol. The molecule has 0 aliphatic carbocycles. The Hall–Kier alpha value is -2.08. The second-order valence-corrected chi connectivity index (χ2v) is 6.43. The number of carbonyl (C=O) groups is 1. The Morgan fingerprint density at radius 3 is 2.58 bits per heavy atom. The second-order valence-electron chi connectivity index (χ2n) is 6.02. The Morgan fingerprint density at radius 2 is 1.96 bits per heavy atom. The van der Waals surface area contributed by atoms with E-state index in [1.165, 1.54) is 0 Å². The topological polar surface area (TPSA) is 70.6 Å². The summed E-state index contributed by atoms with van der Waals surface area (Å²) in [6.45, 7) is 1.61. The first-order valence-corrected chi connectivity index (χ1v) is 8.08. The van der Waals surface area contributed by atoms with Gasteiger partial charge in [-0.2, -0.15) is 0 Å². The molecule has 0 radical (unpaired) electrons. The predicted molar refractivity (Wildman–Crippen MR) is 94.7 cm³/mol. The zero-order valence-electron chi connectivity index (χ0n) is 13.1. The summed E-state index contributed by atoms with van der Waals surface area (Å²) in [6, 6.07) is 14.3. The molecule has 6 heteroatoms. The summed E-state index contributed by atoms with van der Waals surface area (Å²) in [7, 11) is 0. The number of rotatable bonds is 6. The van der Waals surface area contributed by atoms with Gasteiger partial charge >= 0.3 is 0 Å². The van der Waals surface area contributed by atoms with E-state index in [0.717, 1.165) is 5.69 Å². The Labute approximate surface area is 145 Å². The van der Waals surface area contributed by atoms with Crippen molar-refractivity contribution in [3.05, 3.63) is 59.1 Å². The maximum atomic E-state index is 12.4. The van der Waals surface area contributed by atoms with Crippen LogP contribution in [0, 0.1) is 5.41 Å². The minimum Gasteiger partial charge on any atom is -0.396 e. The van der Waals surface area contributed by atoms with Crippen molar-refractivity contribution in [2.45, 2.75) is 0 Å². The lowest BCUT2D eigenvalue weighted by molar-refractivity contribution is -0.128. The van der Waals surface area contributed by atoms with Gasteiger partial charge in [-0.05, 0) is 30.3 Å². The molecule has 5 nitrogen and oxygen atoms in total. The van der Waals surface area contributed by atoms with Crippen LogP contribution in [0.3, 0.4) is 0 Å². The van der Waals surface area contributed by atoms with Gasteiger partial charge in [-0.3, -0.25) is 4.79 Å². The standard InChI is InChI=1S/C18H19ClN2O3/c19-15-7-6-13(17(23)21-14-4-2-1-3-5-14)8-16(15)20-9-18(10-22)11-24-12-18/h1-8,20,22H,9-12H2,(H,21,23). The van der Waals surface area contributed by atoms with Crippen LogP contribution in [-0.4, -0.2) is 37.4 Å². The number of halogens is 1. The van der Waals surface area contributed by atoms with Crippen LogP contribution in [0.4, 0.5) is 11.4 Å². The van der Waals surface area contributed by atoms with E-state index < -0.39 is 0 Å². The lowest BCUT2D eigenvalue weighted by atomic mass is 9.87. The number of amides is 1. The molecule has 0 aromatic heterocycles. The van der Waals surface area contributed by atoms with Crippen molar-refractivity contribution in [1.82, 2.24) is 0 Å². The summed E-state index contributed by atoms with van der Waals surface area (Å²) in [5.74, 6) is -0.204. The summed E-state index contributed by atoms with van der Waals surface area (Å²) >= 11 is 6.21. The Morgan fingerprint density at radius 1 is 1.21 bits per heavy atom. The largest absolute Gasteiger partial charge is 0.396 e. The number of anilines is 2. The molecular weight excluding hydrogens is 328 g/mol. The summed E-state index contributed by atoms with van der Waals surface area (Å²) in [5.41, 5.74) is 1.63. The van der Waals surface area contributed by atoms with Gasteiger partial charge < -0.3 is 20.5 Å². The van der Waals surface area contributed by atoms with Crippen molar-refractivity contribution in [3.63, 3.8) is 0 Å². The number of hydrogen-bond donors (Lipinski definition) is 3. The van der Waals surface area contributed by atoms with Gasteiger partial charge in [0, 0.05) is 17.8 Å². The third kappa shape index (κ3) is 3.70. The van der Waals surface area contributed by atoms with Gasteiger partial charge in [-0.1, -0.05) is 29.8 Å². The van der Waals surface area contributed by atoms with Crippen molar-refractivity contribution in [2.75, 3.05) is 37.0 Å². The second kappa shape index (κ2) is 7.21. The molecule has 126 valence electrons. The molecule has 0 saturated carbocycles. The lowest BCUT2D eigenvalue weighted by Crippen LogP contribution is -2.50. The van der Waals surface area contributed by atoms with E-state index in [1.54, 1.807) is 18.2 Å². The van der Waals surface area contributed by atoms with Crippen LogP contribution in [0.25, 0.3) is 0 Å². The molecule has 1 amide bonds. The number of para-hydroxylation sites is 1. The van der Waals surface area contributed by atoms with E-state index >= 15 is 0 Å². The predicted octanol–water partition coefficient (Wildman–Crippen LogP) is 3.01. The molecule has 0 unspecified atom stereocenters. The van der Waals surface area contributed by atoms with Crippen LogP contribution in [0.15, 0.2) is 48.5 Å². The van der Waals surface area contributed by atoms with Gasteiger partial charge in [0.05, 0.1) is 35.9 Å². The molecule has 3 N–H and O–H groups in total. The number of benzene rings is 2. The highest BCUT2D eigenvalue weighted by molar-refractivity contribution is 6.33. The van der Waals surface area contributed by atoms with Crippen molar-refractivity contribution in [2.24, 2.45) is 5.41 Å². The van der Waals surface area contributed by atoms with Crippen molar-refractivity contribution >= 4 is 28.9 Å². The average Bonchev–Trinajstić information content (AvgIpc) is 2.56. The summed E-state index contributed by atoms with van der Waals surface area (Å²) in [5, 5.41) is 16.1. The van der Waals surface area contributed by atoms with Crippen molar-refractivity contribution in [3.8, 4) is 0 Å². The van der Waals surface area contributed by atoms with Gasteiger partial charge in [0.15, 0.2) is 0 Å². The van der Waals surface area contributed by atoms with Gasteiger partial charge in [0.2, 0.25) is 0 Å². The lowest BCUT2D eigenvalue weighted by Gasteiger charge is -2.40. The molecule has 0 atom stereocenters. The molecule has 2 aromatic carbocycles. The molecule has 3 rings (SSSR count). The molecule has 0 spiro atoms. The van der Waals surface area contributed by atoms with Crippen molar-refractivity contribution < 1.29 is 14.6 Å². The molecule has 1 heterocycles. The van der Waals surface area contributed by atoms with E-state index in [0.29, 0.717) is 36.0 Å². The Bertz CT molecular complexity index is 712. The number of carbonyl (C=O) groups excluding carboxylic acids is 1. The molecule has 2 aromatic rings. The average molecular weight is 347 g/mol. The first kappa shape index (κ1) is 16.8. The number of nitrogens with one attached hydrogen (secondary N) is 2. The smallest absolute Gasteiger partial charge is 0.255 e.